The van der Waals surface area contributed by atoms with E-state index in [-0.39, 0.29) is 11.9 Å². The Morgan fingerprint density at radius 1 is 1.17 bits per heavy atom. The van der Waals surface area contributed by atoms with E-state index in [0.717, 1.165) is 29.8 Å². The molecule has 5 nitrogen and oxygen atoms in total. The van der Waals surface area contributed by atoms with E-state index < -0.39 is 0 Å². The van der Waals surface area contributed by atoms with Crippen LogP contribution in [0.25, 0.3) is 0 Å². The minimum atomic E-state index is -0.140. The summed E-state index contributed by atoms with van der Waals surface area (Å²) < 4.78 is 0. The Bertz CT molecular complexity index is 757. The fourth-order valence-electron chi connectivity index (χ4n) is 2.92. The Balaban J connectivity index is 1.80. The summed E-state index contributed by atoms with van der Waals surface area (Å²) in [6, 6.07) is 7.55. The number of halogens is 1. The van der Waals surface area contributed by atoms with Gasteiger partial charge in [-0.3, -0.25) is 4.79 Å². The first-order valence-electron chi connectivity index (χ1n) is 8.21. The maximum atomic E-state index is 12.4. The van der Waals surface area contributed by atoms with Crippen LogP contribution in [0.4, 0.5) is 11.6 Å². The number of hydrogen-bond acceptors (Lipinski definition) is 4. The maximum Gasteiger partial charge on any atom is 0.270 e. The first-order chi connectivity index (χ1) is 11.5. The number of nitrogens with zero attached hydrogens (tertiary/aromatic N) is 2. The van der Waals surface area contributed by atoms with E-state index in [1.807, 2.05) is 32.0 Å². The van der Waals surface area contributed by atoms with E-state index in [0.29, 0.717) is 16.7 Å². The van der Waals surface area contributed by atoms with Crippen LogP contribution < -0.4 is 10.6 Å². The van der Waals surface area contributed by atoms with Crippen molar-refractivity contribution in [2.75, 3.05) is 5.32 Å². The van der Waals surface area contributed by atoms with E-state index in [2.05, 4.69) is 20.6 Å². The summed E-state index contributed by atoms with van der Waals surface area (Å²) in [7, 11) is 0. The number of carbonyl (C=O) groups is 1. The average Bonchev–Trinajstić information content (AvgIpc) is 3.03. The van der Waals surface area contributed by atoms with Crippen molar-refractivity contribution in [2.45, 2.75) is 45.6 Å². The van der Waals surface area contributed by atoms with E-state index in [1.165, 1.54) is 12.8 Å². The van der Waals surface area contributed by atoms with Crippen molar-refractivity contribution in [3.8, 4) is 0 Å². The van der Waals surface area contributed by atoms with Gasteiger partial charge in [-0.25, -0.2) is 9.97 Å². The van der Waals surface area contributed by atoms with Gasteiger partial charge in [-0.2, -0.15) is 0 Å². The predicted molar refractivity (Wildman–Crippen MR) is 96.0 cm³/mol. The van der Waals surface area contributed by atoms with Crippen molar-refractivity contribution in [3.63, 3.8) is 0 Å². The zero-order valence-corrected chi connectivity index (χ0v) is 14.7. The van der Waals surface area contributed by atoms with Gasteiger partial charge in [0.2, 0.25) is 5.95 Å². The summed E-state index contributed by atoms with van der Waals surface area (Å²) >= 11 is 6.05. The Kier molecular flexibility index (Phi) is 5.00. The van der Waals surface area contributed by atoms with Gasteiger partial charge < -0.3 is 10.6 Å². The largest absolute Gasteiger partial charge is 0.348 e. The first-order valence-corrected chi connectivity index (χ1v) is 8.59. The van der Waals surface area contributed by atoms with Gasteiger partial charge in [0.25, 0.3) is 5.91 Å². The quantitative estimate of drug-likeness (QED) is 0.873. The summed E-state index contributed by atoms with van der Waals surface area (Å²) in [5.41, 5.74) is 2.98. The van der Waals surface area contributed by atoms with Crippen LogP contribution in [-0.4, -0.2) is 21.9 Å². The molecule has 24 heavy (non-hydrogen) atoms. The van der Waals surface area contributed by atoms with Gasteiger partial charge in [-0.05, 0) is 50.5 Å². The molecule has 2 aromatic rings. The van der Waals surface area contributed by atoms with Crippen LogP contribution >= 0.6 is 11.6 Å². The van der Waals surface area contributed by atoms with E-state index in [1.54, 1.807) is 6.07 Å². The molecule has 0 bridgehead atoms. The van der Waals surface area contributed by atoms with Crippen molar-refractivity contribution >= 4 is 29.1 Å². The lowest BCUT2D eigenvalue weighted by atomic mass is 10.2. The van der Waals surface area contributed by atoms with Crippen LogP contribution in [0.1, 0.15) is 47.4 Å². The van der Waals surface area contributed by atoms with Gasteiger partial charge in [-0.15, -0.1) is 0 Å². The lowest BCUT2D eigenvalue weighted by Crippen LogP contribution is -2.33. The maximum absolute atomic E-state index is 12.4. The molecule has 1 saturated carbocycles. The number of rotatable bonds is 4. The fraction of sp³-hybridized carbons (Fsp3) is 0.389. The minimum Gasteiger partial charge on any atom is -0.348 e. The molecule has 0 atom stereocenters. The second-order valence-electron chi connectivity index (χ2n) is 6.26. The molecule has 0 aliphatic heterocycles. The monoisotopic (exact) mass is 344 g/mol. The van der Waals surface area contributed by atoms with Crippen LogP contribution in [0, 0.1) is 13.8 Å². The number of amides is 1. The van der Waals surface area contributed by atoms with Gasteiger partial charge in [0.1, 0.15) is 5.69 Å². The van der Waals surface area contributed by atoms with Crippen LogP contribution in [0.5, 0.6) is 0 Å². The van der Waals surface area contributed by atoms with Crippen molar-refractivity contribution in [3.05, 3.63) is 46.2 Å². The Morgan fingerprint density at radius 3 is 2.67 bits per heavy atom. The molecular weight excluding hydrogens is 324 g/mol. The second kappa shape index (κ2) is 7.18. The van der Waals surface area contributed by atoms with Gasteiger partial charge >= 0.3 is 0 Å². The Morgan fingerprint density at radius 2 is 1.92 bits per heavy atom. The molecule has 0 spiro atoms. The molecule has 1 aliphatic rings. The van der Waals surface area contributed by atoms with E-state index in [4.69, 9.17) is 11.6 Å². The second-order valence-corrected chi connectivity index (χ2v) is 6.69. The van der Waals surface area contributed by atoms with Crippen LogP contribution in [0.3, 0.4) is 0 Å². The molecule has 2 N–H and O–H groups in total. The van der Waals surface area contributed by atoms with Gasteiger partial charge in [-0.1, -0.05) is 30.5 Å². The highest BCUT2D eigenvalue weighted by atomic mass is 35.5. The van der Waals surface area contributed by atoms with Gasteiger partial charge in [0.15, 0.2) is 0 Å². The van der Waals surface area contributed by atoms with Crippen molar-refractivity contribution < 1.29 is 4.79 Å². The third-order valence-corrected chi connectivity index (χ3v) is 4.46. The molecule has 126 valence electrons. The SMILES string of the molecule is Cc1cc(C(=O)NC2CCCC2)nc(Nc2cc(Cl)ccc2C)n1. The third kappa shape index (κ3) is 4.03. The molecule has 1 amide bonds. The van der Waals surface area contributed by atoms with Crippen LogP contribution in [0.2, 0.25) is 5.02 Å². The number of aromatic nitrogens is 2. The van der Waals surface area contributed by atoms with Crippen molar-refractivity contribution in [2.24, 2.45) is 0 Å². The minimum absolute atomic E-state index is 0.140. The van der Waals surface area contributed by atoms with Gasteiger partial charge in [0.05, 0.1) is 0 Å². The standard InChI is InChI=1S/C18H21ClN4O/c1-11-7-8-13(19)10-15(11)22-18-20-12(2)9-16(23-18)17(24)21-14-5-3-4-6-14/h7-10,14H,3-6H2,1-2H3,(H,21,24)(H,20,22,23). The summed E-state index contributed by atoms with van der Waals surface area (Å²) in [5.74, 6) is 0.259. The van der Waals surface area contributed by atoms with Crippen molar-refractivity contribution in [1.82, 2.24) is 15.3 Å². The molecular formula is C18H21ClN4O. The number of benzene rings is 1. The van der Waals surface area contributed by atoms with E-state index >= 15 is 0 Å². The molecule has 0 radical (unpaired) electrons. The van der Waals surface area contributed by atoms with Crippen LogP contribution in [0.15, 0.2) is 24.3 Å². The number of carbonyl (C=O) groups excluding carboxylic acids is 1. The Labute approximate surface area is 146 Å². The molecule has 1 aromatic carbocycles. The van der Waals surface area contributed by atoms with E-state index in [9.17, 15) is 4.79 Å². The highest BCUT2D eigenvalue weighted by Crippen LogP contribution is 2.23. The summed E-state index contributed by atoms with van der Waals surface area (Å²) in [5, 5.41) is 6.85. The van der Waals surface area contributed by atoms with Gasteiger partial charge in [0, 0.05) is 22.4 Å². The number of aryl methyl sites for hydroxylation is 2. The lowest BCUT2D eigenvalue weighted by molar-refractivity contribution is 0.0932. The van der Waals surface area contributed by atoms with Crippen LogP contribution in [-0.2, 0) is 0 Å². The lowest BCUT2D eigenvalue weighted by Gasteiger charge is -2.13. The highest BCUT2D eigenvalue weighted by molar-refractivity contribution is 6.30. The molecule has 1 aromatic heterocycles. The highest BCUT2D eigenvalue weighted by Gasteiger charge is 2.19. The molecule has 3 rings (SSSR count). The number of hydrogen-bond donors (Lipinski definition) is 2. The fourth-order valence-corrected chi connectivity index (χ4v) is 3.09. The molecule has 1 heterocycles. The topological polar surface area (TPSA) is 66.9 Å². The average molecular weight is 345 g/mol. The molecule has 1 aliphatic carbocycles. The Hall–Kier alpha value is -2.14. The molecule has 1 fully saturated rings. The zero-order valence-electron chi connectivity index (χ0n) is 13.9. The smallest absolute Gasteiger partial charge is 0.270 e. The third-order valence-electron chi connectivity index (χ3n) is 4.22. The molecule has 6 heteroatoms. The zero-order chi connectivity index (χ0) is 17.1. The molecule has 0 saturated heterocycles. The summed E-state index contributed by atoms with van der Waals surface area (Å²) in [4.78, 5) is 21.2. The predicted octanol–water partition coefficient (Wildman–Crippen LogP) is 4.16. The summed E-state index contributed by atoms with van der Waals surface area (Å²) in [6.45, 7) is 3.83. The summed E-state index contributed by atoms with van der Waals surface area (Å²) in [6.07, 6.45) is 4.44. The number of anilines is 2. The van der Waals surface area contributed by atoms with Crippen molar-refractivity contribution in [1.29, 1.82) is 0 Å². The number of nitrogens with one attached hydrogen (secondary N) is 2. The molecule has 0 unspecified atom stereocenters. The first kappa shape index (κ1) is 16.7. The normalized spacial score (nSPS) is 14.6.